The van der Waals surface area contributed by atoms with E-state index in [1.165, 1.54) is 12.0 Å². The van der Waals surface area contributed by atoms with Gasteiger partial charge in [-0.25, -0.2) is 0 Å². The molecular weight excluding hydrogens is 288 g/mol. The zero-order valence-electron chi connectivity index (χ0n) is 14.7. The van der Waals surface area contributed by atoms with E-state index < -0.39 is 0 Å². The molecule has 0 spiro atoms. The molecule has 0 aromatic carbocycles. The second-order valence-electron chi connectivity index (χ2n) is 8.97. The van der Waals surface area contributed by atoms with Crippen LogP contribution in [0.3, 0.4) is 0 Å². The minimum atomic E-state index is -0.265. The maximum atomic E-state index is 11.9. The van der Waals surface area contributed by atoms with Crippen molar-refractivity contribution in [2.75, 3.05) is 7.11 Å². The fraction of sp³-hybridized carbons (Fsp3) is 0.850. The van der Waals surface area contributed by atoms with Crippen molar-refractivity contribution in [3.63, 3.8) is 0 Å². The highest BCUT2D eigenvalue weighted by molar-refractivity contribution is 5.91. The van der Waals surface area contributed by atoms with Crippen LogP contribution in [0.4, 0.5) is 0 Å². The van der Waals surface area contributed by atoms with Crippen molar-refractivity contribution in [1.29, 1.82) is 0 Å². The number of hydrogen-bond donors (Lipinski definition) is 1. The third kappa shape index (κ3) is 2.05. The first-order valence-corrected chi connectivity index (χ1v) is 9.35. The molecule has 3 unspecified atom stereocenters. The molecule has 4 aliphatic carbocycles. The van der Waals surface area contributed by atoms with Gasteiger partial charge in [0.15, 0.2) is 5.78 Å². The van der Waals surface area contributed by atoms with Gasteiger partial charge in [0.05, 0.1) is 12.2 Å². The Morgan fingerprint density at radius 1 is 1.22 bits per heavy atom. The van der Waals surface area contributed by atoms with Crippen LogP contribution in [0.2, 0.25) is 0 Å². The third-order valence-electron chi connectivity index (χ3n) is 8.09. The van der Waals surface area contributed by atoms with Crippen molar-refractivity contribution < 1.29 is 14.6 Å². The normalized spacial score (nSPS) is 52.4. The smallest absolute Gasteiger partial charge is 0.155 e. The Kier molecular flexibility index (Phi) is 3.55. The molecule has 3 heteroatoms. The van der Waals surface area contributed by atoms with E-state index in [0.717, 1.165) is 32.1 Å². The van der Waals surface area contributed by atoms with E-state index in [-0.39, 0.29) is 22.7 Å². The molecule has 3 fully saturated rings. The van der Waals surface area contributed by atoms with Crippen molar-refractivity contribution in [1.82, 2.24) is 0 Å². The lowest BCUT2D eigenvalue weighted by atomic mass is 9.46. The van der Waals surface area contributed by atoms with Crippen molar-refractivity contribution in [2.24, 2.45) is 28.6 Å². The van der Waals surface area contributed by atoms with Gasteiger partial charge in [0.1, 0.15) is 0 Å². The molecule has 23 heavy (non-hydrogen) atoms. The molecule has 4 aliphatic rings. The molecule has 0 radical (unpaired) electrons. The lowest BCUT2D eigenvalue weighted by molar-refractivity contribution is -0.146. The summed E-state index contributed by atoms with van der Waals surface area (Å²) in [4.78, 5) is 11.9. The van der Waals surface area contributed by atoms with E-state index in [1.807, 2.05) is 13.2 Å². The minimum Gasteiger partial charge on any atom is -0.393 e. The van der Waals surface area contributed by atoms with Crippen LogP contribution in [0.1, 0.15) is 58.8 Å². The maximum Gasteiger partial charge on any atom is 0.155 e. The summed E-state index contributed by atoms with van der Waals surface area (Å²) >= 11 is 0. The van der Waals surface area contributed by atoms with Crippen LogP contribution in [0.5, 0.6) is 0 Å². The summed E-state index contributed by atoms with van der Waals surface area (Å²) in [5.41, 5.74) is 1.47. The predicted molar refractivity (Wildman–Crippen MR) is 88.9 cm³/mol. The van der Waals surface area contributed by atoms with E-state index in [2.05, 4.69) is 13.8 Å². The van der Waals surface area contributed by atoms with Gasteiger partial charge in [0.2, 0.25) is 0 Å². The largest absolute Gasteiger partial charge is 0.393 e. The van der Waals surface area contributed by atoms with E-state index in [9.17, 15) is 9.90 Å². The monoisotopic (exact) mass is 318 g/mol. The summed E-state index contributed by atoms with van der Waals surface area (Å²) in [5.74, 6) is 1.85. The fourth-order valence-electron chi connectivity index (χ4n) is 7.03. The molecule has 7 atom stereocenters. The van der Waals surface area contributed by atoms with Gasteiger partial charge in [0.25, 0.3) is 0 Å². The van der Waals surface area contributed by atoms with Crippen molar-refractivity contribution in [3.05, 3.63) is 11.6 Å². The van der Waals surface area contributed by atoms with Gasteiger partial charge in [0, 0.05) is 13.5 Å². The van der Waals surface area contributed by atoms with Crippen LogP contribution in [0.15, 0.2) is 11.6 Å². The zero-order chi connectivity index (χ0) is 16.4. The van der Waals surface area contributed by atoms with Gasteiger partial charge in [-0.15, -0.1) is 0 Å². The molecule has 0 aliphatic heterocycles. The van der Waals surface area contributed by atoms with Gasteiger partial charge < -0.3 is 9.84 Å². The number of allylic oxidation sites excluding steroid dienone is 1. The number of ketones is 1. The molecule has 3 nitrogen and oxygen atoms in total. The van der Waals surface area contributed by atoms with Crippen LogP contribution < -0.4 is 0 Å². The predicted octanol–water partition coefficient (Wildman–Crippen LogP) is 3.50. The maximum absolute atomic E-state index is 11.9. The molecule has 128 valence electrons. The number of carbonyl (C=O) groups excluding carboxylic acids is 1. The first kappa shape index (κ1) is 15.8. The van der Waals surface area contributed by atoms with E-state index >= 15 is 0 Å². The van der Waals surface area contributed by atoms with Crippen LogP contribution in [-0.4, -0.2) is 30.2 Å². The quantitative estimate of drug-likeness (QED) is 0.805. The second-order valence-corrected chi connectivity index (χ2v) is 8.97. The summed E-state index contributed by atoms with van der Waals surface area (Å²) in [7, 11) is 1.83. The lowest BCUT2D eigenvalue weighted by Gasteiger charge is -2.59. The number of methoxy groups -OCH3 is 1. The molecule has 3 saturated carbocycles. The molecule has 0 heterocycles. The van der Waals surface area contributed by atoms with Gasteiger partial charge >= 0.3 is 0 Å². The van der Waals surface area contributed by atoms with E-state index in [0.29, 0.717) is 30.3 Å². The molecule has 0 aromatic heterocycles. The van der Waals surface area contributed by atoms with Crippen molar-refractivity contribution in [3.8, 4) is 0 Å². The molecule has 4 rings (SSSR count). The fourth-order valence-corrected chi connectivity index (χ4v) is 7.03. The lowest BCUT2D eigenvalue weighted by Crippen LogP contribution is -2.57. The highest BCUT2D eigenvalue weighted by Gasteiger charge is 2.62. The van der Waals surface area contributed by atoms with Gasteiger partial charge in [-0.05, 0) is 73.2 Å². The Morgan fingerprint density at radius 3 is 2.74 bits per heavy atom. The number of ether oxygens (including phenoxy) is 1. The molecular formula is C20H30O3. The molecule has 1 N–H and O–H groups in total. The topological polar surface area (TPSA) is 46.5 Å². The number of fused-ring (bicyclic) bond motifs is 5. The summed E-state index contributed by atoms with van der Waals surface area (Å²) in [6, 6.07) is 0. The summed E-state index contributed by atoms with van der Waals surface area (Å²) in [6.45, 7) is 4.66. The molecule has 0 aromatic rings. The summed E-state index contributed by atoms with van der Waals surface area (Å²) in [5, 5.41) is 11.1. The van der Waals surface area contributed by atoms with Crippen molar-refractivity contribution in [2.45, 2.75) is 71.0 Å². The molecule has 0 saturated heterocycles. The van der Waals surface area contributed by atoms with Gasteiger partial charge in [-0.1, -0.05) is 19.4 Å². The highest BCUT2D eigenvalue weighted by Crippen LogP contribution is 2.65. The zero-order valence-corrected chi connectivity index (χ0v) is 14.7. The van der Waals surface area contributed by atoms with Crippen LogP contribution in [0.25, 0.3) is 0 Å². The Hall–Kier alpha value is -0.670. The summed E-state index contributed by atoms with van der Waals surface area (Å²) < 4.78 is 5.79. The Morgan fingerprint density at radius 2 is 2.00 bits per heavy atom. The SMILES string of the molecule is CO[C@H]1CCC2C3CCC4=CC(=O)CC[C@]4(C)C3[C@@H](O)C[C@@]21C. The molecule has 0 bridgehead atoms. The second kappa shape index (κ2) is 5.16. The standard InChI is InChI=1S/C20H30O3/c1-19-9-8-13(21)10-12(19)4-5-14-15-6-7-17(23-3)20(15,2)11-16(22)18(14)19/h10,14-18,22H,4-9,11H2,1-3H3/t14?,15?,16-,17-,18?,19-,20-/m0/s1. The summed E-state index contributed by atoms with van der Waals surface area (Å²) in [6.07, 6.45) is 8.91. The average Bonchev–Trinajstić information content (AvgIpc) is 2.83. The van der Waals surface area contributed by atoms with Gasteiger partial charge in [-0.2, -0.15) is 0 Å². The number of carbonyl (C=O) groups is 1. The first-order valence-electron chi connectivity index (χ1n) is 9.35. The number of hydrogen-bond acceptors (Lipinski definition) is 3. The number of aliphatic hydroxyl groups is 1. The van der Waals surface area contributed by atoms with Crippen LogP contribution in [0, 0.1) is 28.6 Å². The Balaban J connectivity index is 1.72. The van der Waals surface area contributed by atoms with Crippen molar-refractivity contribution >= 4 is 5.78 Å². The van der Waals surface area contributed by atoms with Crippen LogP contribution in [-0.2, 0) is 9.53 Å². The Bertz CT molecular complexity index is 553. The molecule has 0 amide bonds. The number of rotatable bonds is 1. The Labute approximate surface area is 139 Å². The van der Waals surface area contributed by atoms with E-state index in [4.69, 9.17) is 4.74 Å². The first-order chi connectivity index (χ1) is 10.9. The number of aliphatic hydroxyl groups excluding tert-OH is 1. The average molecular weight is 318 g/mol. The highest BCUT2D eigenvalue weighted by atomic mass is 16.5. The minimum absolute atomic E-state index is 0.0305. The van der Waals surface area contributed by atoms with Crippen LogP contribution >= 0.6 is 0 Å². The van der Waals surface area contributed by atoms with E-state index in [1.54, 1.807) is 0 Å². The van der Waals surface area contributed by atoms with Gasteiger partial charge in [-0.3, -0.25) is 4.79 Å². The third-order valence-corrected chi connectivity index (χ3v) is 8.09.